The molecule has 0 unspecified atom stereocenters. The van der Waals surface area contributed by atoms with E-state index in [1.54, 1.807) is 0 Å². The van der Waals surface area contributed by atoms with Crippen LogP contribution in [0, 0.1) is 5.92 Å². The Morgan fingerprint density at radius 3 is 2.03 bits per heavy atom. The third-order valence-corrected chi connectivity index (χ3v) is 6.69. The van der Waals surface area contributed by atoms with Crippen molar-refractivity contribution in [3.05, 3.63) is 71.8 Å². The largest absolute Gasteiger partial charge is 0.266 e. The van der Waals surface area contributed by atoms with Gasteiger partial charge in [-0.25, -0.2) is 8.78 Å². The number of halogens is 4. The third-order valence-electron chi connectivity index (χ3n) is 6.69. The van der Waals surface area contributed by atoms with Gasteiger partial charge in [0, 0.05) is 12.8 Å². The highest BCUT2D eigenvalue weighted by molar-refractivity contribution is 5.64. The molecule has 0 saturated heterocycles. The van der Waals surface area contributed by atoms with Crippen LogP contribution in [0.1, 0.15) is 75.3 Å². The number of aryl methyl sites for hydroxylation is 1. The fourth-order valence-corrected chi connectivity index (χ4v) is 4.53. The van der Waals surface area contributed by atoms with Crippen LogP contribution in [0.5, 0.6) is 0 Å². The predicted molar refractivity (Wildman–Crippen MR) is 120 cm³/mol. The number of hydrogen-bond donors (Lipinski definition) is 0. The van der Waals surface area contributed by atoms with E-state index in [0.29, 0.717) is 24.7 Å². The maximum Gasteiger partial charge on any atom is 0.266 e. The molecule has 31 heavy (non-hydrogen) atoms. The van der Waals surface area contributed by atoms with Gasteiger partial charge in [0.25, 0.3) is 6.08 Å². The Morgan fingerprint density at radius 2 is 1.48 bits per heavy atom. The second kappa shape index (κ2) is 11.0. The Kier molecular flexibility index (Phi) is 8.34. The van der Waals surface area contributed by atoms with E-state index >= 15 is 0 Å². The van der Waals surface area contributed by atoms with Crippen molar-refractivity contribution in [2.75, 3.05) is 0 Å². The lowest BCUT2D eigenvalue weighted by atomic mass is 9.77. The highest BCUT2D eigenvalue weighted by Crippen LogP contribution is 2.38. The Balaban J connectivity index is 1.52. The average molecular weight is 433 g/mol. The van der Waals surface area contributed by atoms with Crippen molar-refractivity contribution in [1.29, 1.82) is 0 Å². The monoisotopic (exact) mass is 432 g/mol. The fourth-order valence-electron chi connectivity index (χ4n) is 4.53. The molecule has 2 aromatic rings. The lowest BCUT2D eigenvalue weighted by molar-refractivity contribution is -0.0110. The lowest BCUT2D eigenvalue weighted by Gasteiger charge is -2.28. The summed E-state index contributed by atoms with van der Waals surface area (Å²) in [6.45, 7) is 1.52. The summed E-state index contributed by atoms with van der Waals surface area (Å²) in [5.74, 6) is -1.49. The van der Waals surface area contributed by atoms with Crippen molar-refractivity contribution < 1.29 is 17.6 Å². The van der Waals surface area contributed by atoms with Crippen molar-refractivity contribution in [3.63, 3.8) is 0 Å². The van der Waals surface area contributed by atoms with Gasteiger partial charge >= 0.3 is 0 Å². The van der Waals surface area contributed by atoms with Gasteiger partial charge < -0.3 is 0 Å². The van der Waals surface area contributed by atoms with Gasteiger partial charge in [-0.05, 0) is 85.1 Å². The number of hydrogen-bond acceptors (Lipinski definition) is 0. The standard InChI is InChI=1S/C27H32F4/c1-2-27(30,31)19-18-21-8-12-23(13-9-21)25-16-14-24(15-17-25)22-10-6-20(7-11-22)4-3-5-26(28)29/h5,8-9,12-17,20,22H,2-4,6-7,10-11,18-19H2,1H3. The summed E-state index contributed by atoms with van der Waals surface area (Å²) < 4.78 is 51.2. The van der Waals surface area contributed by atoms with Gasteiger partial charge in [-0.1, -0.05) is 55.5 Å². The number of alkyl halides is 2. The van der Waals surface area contributed by atoms with Gasteiger partial charge in [-0.3, -0.25) is 0 Å². The molecule has 0 spiro atoms. The number of benzene rings is 2. The third kappa shape index (κ3) is 7.22. The highest BCUT2D eigenvalue weighted by Gasteiger charge is 2.25. The SMILES string of the molecule is CCC(F)(F)CCc1ccc(-c2ccc(C3CCC(CCC=C(F)F)CC3)cc2)cc1. The van der Waals surface area contributed by atoms with Crippen LogP contribution >= 0.6 is 0 Å². The van der Waals surface area contributed by atoms with Gasteiger partial charge in [0.2, 0.25) is 5.92 Å². The van der Waals surface area contributed by atoms with Crippen LogP contribution < -0.4 is 0 Å². The van der Waals surface area contributed by atoms with Crippen molar-refractivity contribution in [2.24, 2.45) is 5.92 Å². The Bertz CT molecular complexity index is 825. The Morgan fingerprint density at radius 1 is 0.903 bits per heavy atom. The van der Waals surface area contributed by atoms with Crippen molar-refractivity contribution in [1.82, 2.24) is 0 Å². The molecule has 3 rings (SSSR count). The smallest absolute Gasteiger partial charge is 0.207 e. The first kappa shape index (κ1) is 23.6. The summed E-state index contributed by atoms with van der Waals surface area (Å²) in [4.78, 5) is 0. The zero-order valence-corrected chi connectivity index (χ0v) is 18.2. The first-order valence-corrected chi connectivity index (χ1v) is 11.4. The van der Waals surface area contributed by atoms with Crippen molar-refractivity contribution in [3.8, 4) is 11.1 Å². The summed E-state index contributed by atoms with van der Waals surface area (Å²) >= 11 is 0. The number of rotatable bonds is 9. The summed E-state index contributed by atoms with van der Waals surface area (Å²) in [5, 5.41) is 0. The predicted octanol–water partition coefficient (Wildman–Crippen LogP) is 9.17. The highest BCUT2D eigenvalue weighted by atomic mass is 19.3. The molecule has 168 valence electrons. The summed E-state index contributed by atoms with van der Waals surface area (Å²) in [7, 11) is 0. The molecule has 0 atom stereocenters. The molecule has 0 N–H and O–H groups in total. The van der Waals surface area contributed by atoms with Gasteiger partial charge in [0.1, 0.15) is 0 Å². The van der Waals surface area contributed by atoms with E-state index in [1.165, 1.54) is 12.5 Å². The lowest BCUT2D eigenvalue weighted by Crippen LogP contribution is -2.15. The van der Waals surface area contributed by atoms with E-state index < -0.39 is 12.0 Å². The molecule has 1 saturated carbocycles. The molecular formula is C27H32F4. The second-order valence-corrected chi connectivity index (χ2v) is 8.82. The van der Waals surface area contributed by atoms with Crippen LogP contribution in [0.4, 0.5) is 17.6 Å². The molecule has 4 heteroatoms. The number of allylic oxidation sites excluding steroid dienone is 1. The Hall–Kier alpha value is -2.10. The van der Waals surface area contributed by atoms with Crippen LogP contribution in [0.25, 0.3) is 11.1 Å². The minimum absolute atomic E-state index is 0.108. The fraction of sp³-hybridized carbons (Fsp3) is 0.481. The van der Waals surface area contributed by atoms with E-state index in [2.05, 4.69) is 24.3 Å². The minimum atomic E-state index is -2.59. The molecule has 1 fully saturated rings. The summed E-state index contributed by atoms with van der Waals surface area (Å²) in [6.07, 6.45) is 5.41. The van der Waals surface area contributed by atoms with Gasteiger partial charge in [-0.2, -0.15) is 8.78 Å². The average Bonchev–Trinajstić information content (AvgIpc) is 2.78. The summed E-state index contributed by atoms with van der Waals surface area (Å²) in [5.41, 5.74) is 4.50. The van der Waals surface area contributed by atoms with Crippen molar-refractivity contribution in [2.45, 2.75) is 76.6 Å². The van der Waals surface area contributed by atoms with Crippen molar-refractivity contribution >= 4 is 0 Å². The molecule has 1 aliphatic carbocycles. The molecule has 0 amide bonds. The zero-order valence-electron chi connectivity index (χ0n) is 18.2. The molecule has 0 radical (unpaired) electrons. The maximum atomic E-state index is 13.4. The van der Waals surface area contributed by atoms with E-state index in [0.717, 1.165) is 54.9 Å². The zero-order chi connectivity index (χ0) is 22.3. The molecule has 0 heterocycles. The first-order chi connectivity index (χ1) is 14.9. The second-order valence-electron chi connectivity index (χ2n) is 8.82. The molecule has 0 aromatic heterocycles. The van der Waals surface area contributed by atoms with E-state index in [9.17, 15) is 17.6 Å². The van der Waals surface area contributed by atoms with Gasteiger partial charge in [0.05, 0.1) is 0 Å². The van der Waals surface area contributed by atoms with Crippen LogP contribution in [0.15, 0.2) is 60.7 Å². The van der Waals surface area contributed by atoms with Crippen LogP contribution in [0.3, 0.4) is 0 Å². The quantitative estimate of drug-likeness (QED) is 0.347. The van der Waals surface area contributed by atoms with E-state index in [-0.39, 0.29) is 12.8 Å². The molecule has 0 nitrogen and oxygen atoms in total. The van der Waals surface area contributed by atoms with Crippen LogP contribution in [0.2, 0.25) is 0 Å². The molecule has 0 aliphatic heterocycles. The molecule has 0 bridgehead atoms. The molecule has 1 aliphatic rings. The Labute approximate surface area is 183 Å². The van der Waals surface area contributed by atoms with Crippen LogP contribution in [-0.4, -0.2) is 5.92 Å². The summed E-state index contributed by atoms with van der Waals surface area (Å²) in [6, 6.07) is 16.6. The van der Waals surface area contributed by atoms with E-state index in [1.807, 2.05) is 24.3 Å². The molecular weight excluding hydrogens is 400 g/mol. The van der Waals surface area contributed by atoms with Gasteiger partial charge in [-0.15, -0.1) is 0 Å². The molecule has 2 aromatic carbocycles. The normalized spacial score (nSPS) is 19.3. The van der Waals surface area contributed by atoms with Gasteiger partial charge in [0.15, 0.2) is 0 Å². The maximum absolute atomic E-state index is 13.4. The van der Waals surface area contributed by atoms with E-state index in [4.69, 9.17) is 0 Å². The van der Waals surface area contributed by atoms with Crippen LogP contribution in [-0.2, 0) is 6.42 Å². The topological polar surface area (TPSA) is 0 Å². The minimum Gasteiger partial charge on any atom is -0.207 e. The first-order valence-electron chi connectivity index (χ1n) is 11.4.